The summed E-state index contributed by atoms with van der Waals surface area (Å²) in [5.41, 5.74) is 2.02. The lowest BCUT2D eigenvalue weighted by Crippen LogP contribution is -2.31. The van der Waals surface area contributed by atoms with E-state index >= 15 is 0 Å². The second-order valence-electron chi connectivity index (χ2n) is 6.79. The molecule has 1 atom stereocenters. The van der Waals surface area contributed by atoms with Crippen molar-refractivity contribution >= 4 is 15.7 Å². The molecule has 0 bridgehead atoms. The van der Waals surface area contributed by atoms with Crippen molar-refractivity contribution in [3.63, 3.8) is 0 Å². The van der Waals surface area contributed by atoms with Crippen molar-refractivity contribution in [3.8, 4) is 0 Å². The predicted octanol–water partition coefficient (Wildman–Crippen LogP) is 3.58. The molecule has 4 nitrogen and oxygen atoms in total. The minimum absolute atomic E-state index is 0.0577. The Balaban J connectivity index is 1.96. The highest BCUT2D eigenvalue weighted by Crippen LogP contribution is 2.23. The molecule has 26 heavy (non-hydrogen) atoms. The summed E-state index contributed by atoms with van der Waals surface area (Å²) in [6.45, 7) is 6.50. The number of carbonyl (C=O) groups excluding carboxylic acids is 1. The zero-order chi connectivity index (χ0) is 19.2. The van der Waals surface area contributed by atoms with E-state index in [2.05, 4.69) is 31.3 Å². The van der Waals surface area contributed by atoms with Crippen molar-refractivity contribution in [3.05, 3.63) is 65.7 Å². The fraction of sp³-hybridized carbons (Fsp3) is 0.381. The zero-order valence-electron chi connectivity index (χ0n) is 15.6. The van der Waals surface area contributed by atoms with Crippen molar-refractivity contribution in [2.45, 2.75) is 38.0 Å². The summed E-state index contributed by atoms with van der Waals surface area (Å²) >= 11 is 0. The van der Waals surface area contributed by atoms with Crippen LogP contribution in [0, 0.1) is 5.92 Å². The lowest BCUT2D eigenvalue weighted by Gasteiger charge is -2.22. The molecule has 5 heteroatoms. The van der Waals surface area contributed by atoms with Gasteiger partial charge in [0.05, 0.1) is 17.1 Å². The topological polar surface area (TPSA) is 63.2 Å². The summed E-state index contributed by atoms with van der Waals surface area (Å²) in [6, 6.07) is 16.7. The normalized spacial score (nSPS) is 12.8. The van der Waals surface area contributed by atoms with E-state index in [9.17, 15) is 13.2 Å². The average molecular weight is 374 g/mol. The van der Waals surface area contributed by atoms with Gasteiger partial charge in [-0.25, -0.2) is 8.42 Å². The molecule has 1 N–H and O–H groups in total. The first-order valence-corrected chi connectivity index (χ1v) is 10.6. The Morgan fingerprint density at radius 1 is 1.00 bits per heavy atom. The van der Waals surface area contributed by atoms with Crippen LogP contribution in [0.4, 0.5) is 0 Å². The Labute approximate surface area is 156 Å². The van der Waals surface area contributed by atoms with Crippen LogP contribution in [0.2, 0.25) is 0 Å². The van der Waals surface area contributed by atoms with Gasteiger partial charge in [0.25, 0.3) is 0 Å². The number of nitrogens with one attached hydrogen (secondary N) is 1. The average Bonchev–Trinajstić information content (AvgIpc) is 2.63. The van der Waals surface area contributed by atoms with Gasteiger partial charge < -0.3 is 5.32 Å². The van der Waals surface area contributed by atoms with Crippen LogP contribution in [-0.2, 0) is 21.1 Å². The Morgan fingerprint density at radius 3 is 2.15 bits per heavy atom. The number of rotatable bonds is 8. The molecule has 0 radical (unpaired) electrons. The number of sulfone groups is 1. The predicted molar refractivity (Wildman–Crippen MR) is 105 cm³/mol. The highest BCUT2D eigenvalue weighted by atomic mass is 32.2. The van der Waals surface area contributed by atoms with Gasteiger partial charge in [-0.1, -0.05) is 63.2 Å². The smallest absolute Gasteiger partial charge is 0.224 e. The van der Waals surface area contributed by atoms with E-state index in [0.717, 1.165) is 5.56 Å². The van der Waals surface area contributed by atoms with Crippen LogP contribution in [0.15, 0.2) is 59.5 Å². The number of carbonyl (C=O) groups is 1. The van der Waals surface area contributed by atoms with Crippen LogP contribution in [0.25, 0.3) is 0 Å². The van der Waals surface area contributed by atoms with Crippen molar-refractivity contribution in [1.82, 2.24) is 5.32 Å². The van der Waals surface area contributed by atoms with E-state index in [4.69, 9.17) is 0 Å². The molecule has 0 aliphatic heterocycles. The summed E-state index contributed by atoms with van der Waals surface area (Å²) in [5.74, 6) is 0.689. The quantitative estimate of drug-likeness (QED) is 0.769. The summed E-state index contributed by atoms with van der Waals surface area (Å²) in [5, 5.41) is 3.01. The van der Waals surface area contributed by atoms with Crippen molar-refractivity contribution in [1.29, 1.82) is 0 Å². The van der Waals surface area contributed by atoms with Crippen LogP contribution in [0.1, 0.15) is 37.8 Å². The number of amides is 1. The van der Waals surface area contributed by atoms with Crippen LogP contribution in [0.3, 0.4) is 0 Å². The minimum Gasteiger partial charge on any atom is -0.355 e. The van der Waals surface area contributed by atoms with Gasteiger partial charge >= 0.3 is 0 Å². The SMILES string of the molecule is CCS(=O)(=O)c1ccc(CC(=O)NCC(c2ccccc2)C(C)C)cc1. The first kappa shape index (κ1) is 20.2. The fourth-order valence-electron chi connectivity index (χ4n) is 2.89. The molecule has 1 amide bonds. The Bertz CT molecular complexity index is 812. The van der Waals surface area contributed by atoms with Crippen LogP contribution in [0.5, 0.6) is 0 Å². The molecule has 0 saturated carbocycles. The molecule has 0 saturated heterocycles. The van der Waals surface area contributed by atoms with Crippen LogP contribution >= 0.6 is 0 Å². The second-order valence-corrected chi connectivity index (χ2v) is 9.07. The summed E-state index contributed by atoms with van der Waals surface area (Å²) in [4.78, 5) is 12.6. The lowest BCUT2D eigenvalue weighted by molar-refractivity contribution is -0.120. The number of hydrogen-bond acceptors (Lipinski definition) is 3. The van der Waals surface area contributed by atoms with Gasteiger partial charge in [0.1, 0.15) is 0 Å². The minimum atomic E-state index is -3.21. The van der Waals surface area contributed by atoms with Gasteiger partial charge in [-0.15, -0.1) is 0 Å². The first-order valence-electron chi connectivity index (χ1n) is 8.97. The molecule has 0 fully saturated rings. The third kappa shape index (κ3) is 5.43. The molecule has 0 heterocycles. The summed E-state index contributed by atoms with van der Waals surface area (Å²) < 4.78 is 23.7. The van der Waals surface area contributed by atoms with E-state index in [1.807, 2.05) is 18.2 Å². The van der Waals surface area contributed by atoms with E-state index in [1.54, 1.807) is 31.2 Å². The Morgan fingerprint density at radius 2 is 1.62 bits per heavy atom. The summed E-state index contributed by atoms with van der Waals surface area (Å²) in [6.07, 6.45) is 0.242. The lowest BCUT2D eigenvalue weighted by atomic mass is 9.88. The molecular formula is C21H27NO3S. The molecule has 1 unspecified atom stereocenters. The maximum atomic E-state index is 12.3. The molecular weight excluding hydrogens is 346 g/mol. The maximum Gasteiger partial charge on any atom is 0.224 e. The molecule has 0 spiro atoms. The molecule has 0 aliphatic carbocycles. The molecule has 0 aliphatic rings. The van der Waals surface area contributed by atoms with Crippen molar-refractivity contribution in [2.24, 2.45) is 5.92 Å². The van der Waals surface area contributed by atoms with Crippen molar-refractivity contribution < 1.29 is 13.2 Å². The Kier molecular flexibility index (Phi) is 6.98. The van der Waals surface area contributed by atoms with Gasteiger partial charge in [-0.2, -0.15) is 0 Å². The highest BCUT2D eigenvalue weighted by Gasteiger charge is 2.17. The van der Waals surface area contributed by atoms with Crippen LogP contribution < -0.4 is 5.32 Å². The van der Waals surface area contributed by atoms with E-state index < -0.39 is 9.84 Å². The number of benzene rings is 2. The van der Waals surface area contributed by atoms with Gasteiger partial charge in [0.2, 0.25) is 5.91 Å². The fourth-order valence-corrected chi connectivity index (χ4v) is 3.78. The van der Waals surface area contributed by atoms with Crippen molar-refractivity contribution in [2.75, 3.05) is 12.3 Å². The van der Waals surface area contributed by atoms with Gasteiger partial charge in [-0.05, 0) is 29.2 Å². The third-order valence-corrected chi connectivity index (χ3v) is 6.33. The van der Waals surface area contributed by atoms with Gasteiger partial charge in [0.15, 0.2) is 9.84 Å². The van der Waals surface area contributed by atoms with E-state index in [0.29, 0.717) is 17.4 Å². The second kappa shape index (κ2) is 8.99. The standard InChI is InChI=1S/C21H27NO3S/c1-4-26(24,25)19-12-10-17(11-13-19)14-21(23)22-15-20(16(2)3)18-8-6-5-7-9-18/h5-13,16,20H,4,14-15H2,1-3H3,(H,22,23). The van der Waals surface area contributed by atoms with Gasteiger partial charge in [-0.3, -0.25) is 4.79 Å². The molecule has 2 aromatic rings. The zero-order valence-corrected chi connectivity index (χ0v) is 16.4. The Hall–Kier alpha value is -2.14. The van der Waals surface area contributed by atoms with E-state index in [-0.39, 0.29) is 24.0 Å². The first-order chi connectivity index (χ1) is 12.3. The summed E-state index contributed by atoms with van der Waals surface area (Å²) in [7, 11) is -3.21. The largest absolute Gasteiger partial charge is 0.355 e. The molecule has 140 valence electrons. The molecule has 2 aromatic carbocycles. The maximum absolute atomic E-state index is 12.3. The van der Waals surface area contributed by atoms with Gasteiger partial charge in [0, 0.05) is 12.5 Å². The van der Waals surface area contributed by atoms with E-state index in [1.165, 1.54) is 5.56 Å². The van der Waals surface area contributed by atoms with Crippen LogP contribution in [-0.4, -0.2) is 26.6 Å². The highest BCUT2D eigenvalue weighted by molar-refractivity contribution is 7.91. The molecule has 0 aromatic heterocycles. The monoisotopic (exact) mass is 373 g/mol. The molecule has 2 rings (SSSR count). The number of hydrogen-bond donors (Lipinski definition) is 1. The third-order valence-electron chi connectivity index (χ3n) is 4.58.